The van der Waals surface area contributed by atoms with Crippen LogP contribution in [0.1, 0.15) is 21.5 Å². The van der Waals surface area contributed by atoms with Crippen molar-refractivity contribution in [2.45, 2.75) is 6.92 Å². The molecule has 0 fully saturated rings. The molecule has 0 atom stereocenters. The van der Waals surface area contributed by atoms with E-state index < -0.39 is 0 Å². The number of aromatic nitrogens is 1. The summed E-state index contributed by atoms with van der Waals surface area (Å²) < 4.78 is 3.05. The number of aryl methyl sites for hydroxylation is 2. The van der Waals surface area contributed by atoms with E-state index in [1.54, 1.807) is 24.3 Å². The quantitative estimate of drug-likeness (QED) is 0.693. The Morgan fingerprint density at radius 2 is 1.95 bits per heavy atom. The highest BCUT2D eigenvalue weighted by molar-refractivity contribution is 7.16. The first-order chi connectivity index (χ1) is 10.6. The van der Waals surface area contributed by atoms with Crippen molar-refractivity contribution in [1.29, 1.82) is 5.26 Å². The Hall–Kier alpha value is -2.71. The molecule has 1 aromatic heterocycles. The van der Waals surface area contributed by atoms with Crippen LogP contribution in [0.4, 0.5) is 0 Å². The van der Waals surface area contributed by atoms with Gasteiger partial charge in [0, 0.05) is 12.6 Å². The number of thiazole rings is 1. The highest BCUT2D eigenvalue weighted by atomic mass is 32.1. The molecule has 0 spiro atoms. The van der Waals surface area contributed by atoms with Gasteiger partial charge in [-0.15, -0.1) is 0 Å². The lowest BCUT2D eigenvalue weighted by molar-refractivity contribution is 0.0998. The fourth-order valence-electron chi connectivity index (χ4n) is 2.34. The van der Waals surface area contributed by atoms with E-state index >= 15 is 0 Å². The van der Waals surface area contributed by atoms with Crippen LogP contribution in [0.15, 0.2) is 47.5 Å². The molecule has 0 saturated heterocycles. The molecule has 2 aromatic carbocycles. The molecule has 0 saturated carbocycles. The molecule has 5 heteroatoms. The van der Waals surface area contributed by atoms with Gasteiger partial charge in [-0.05, 0) is 42.8 Å². The number of carbonyl (C=O) groups is 1. The van der Waals surface area contributed by atoms with E-state index in [0.717, 1.165) is 15.8 Å². The van der Waals surface area contributed by atoms with E-state index in [2.05, 4.69) is 4.99 Å². The average Bonchev–Trinajstić information content (AvgIpc) is 2.85. The van der Waals surface area contributed by atoms with Crippen LogP contribution in [-0.4, -0.2) is 10.5 Å². The largest absolute Gasteiger partial charge is 0.319 e. The molecular formula is C17H13N3OS. The SMILES string of the molecule is Cc1cccc2sc(=NC(=O)c3ccc(C#N)cc3)n(C)c12. The molecular weight excluding hydrogens is 294 g/mol. The number of hydrogen-bond acceptors (Lipinski definition) is 3. The monoisotopic (exact) mass is 307 g/mol. The van der Waals surface area contributed by atoms with Crippen LogP contribution in [0.25, 0.3) is 10.2 Å². The van der Waals surface area contributed by atoms with Crippen LogP contribution in [0.2, 0.25) is 0 Å². The first-order valence-electron chi connectivity index (χ1n) is 6.74. The summed E-state index contributed by atoms with van der Waals surface area (Å²) in [6.07, 6.45) is 0. The fraction of sp³-hybridized carbons (Fsp3) is 0.118. The smallest absolute Gasteiger partial charge is 0.279 e. The van der Waals surface area contributed by atoms with E-state index in [0.29, 0.717) is 15.9 Å². The van der Waals surface area contributed by atoms with Crippen LogP contribution in [0.3, 0.4) is 0 Å². The summed E-state index contributed by atoms with van der Waals surface area (Å²) in [6, 6.07) is 14.6. The summed E-state index contributed by atoms with van der Waals surface area (Å²) in [7, 11) is 1.91. The molecule has 0 unspecified atom stereocenters. The molecule has 0 radical (unpaired) electrons. The molecule has 3 rings (SSSR count). The number of carbonyl (C=O) groups excluding carboxylic acids is 1. The Kier molecular flexibility index (Phi) is 3.61. The van der Waals surface area contributed by atoms with Gasteiger partial charge in [-0.1, -0.05) is 23.5 Å². The Labute approximate surface area is 131 Å². The molecule has 3 aromatic rings. The molecule has 0 aliphatic rings. The van der Waals surface area contributed by atoms with Crippen molar-refractivity contribution in [1.82, 2.24) is 4.57 Å². The lowest BCUT2D eigenvalue weighted by Crippen LogP contribution is -2.13. The van der Waals surface area contributed by atoms with Crippen molar-refractivity contribution >= 4 is 27.5 Å². The molecule has 22 heavy (non-hydrogen) atoms. The van der Waals surface area contributed by atoms with Crippen LogP contribution >= 0.6 is 11.3 Å². The molecule has 0 aliphatic carbocycles. The maximum absolute atomic E-state index is 12.3. The second kappa shape index (κ2) is 5.58. The Bertz CT molecular complexity index is 972. The first-order valence-corrected chi connectivity index (χ1v) is 7.56. The number of amides is 1. The highest BCUT2D eigenvalue weighted by Crippen LogP contribution is 2.19. The topological polar surface area (TPSA) is 58.1 Å². The molecule has 4 nitrogen and oxygen atoms in total. The van der Waals surface area contributed by atoms with Gasteiger partial charge in [0.05, 0.1) is 21.8 Å². The molecule has 0 bridgehead atoms. The van der Waals surface area contributed by atoms with Gasteiger partial charge in [0.25, 0.3) is 5.91 Å². The minimum Gasteiger partial charge on any atom is -0.319 e. The lowest BCUT2D eigenvalue weighted by Gasteiger charge is -1.99. The summed E-state index contributed by atoms with van der Waals surface area (Å²) in [5.74, 6) is -0.302. The number of rotatable bonds is 1. The Morgan fingerprint density at radius 3 is 2.59 bits per heavy atom. The first kappa shape index (κ1) is 14.2. The van der Waals surface area contributed by atoms with Crippen LogP contribution < -0.4 is 4.80 Å². The summed E-state index contributed by atoms with van der Waals surface area (Å²) in [4.78, 5) is 17.2. The lowest BCUT2D eigenvalue weighted by atomic mass is 10.1. The standard InChI is InChI=1S/C17H13N3OS/c1-11-4-3-5-14-15(11)20(2)17(22-14)19-16(21)13-8-6-12(10-18)7-9-13/h3-9H,1-2H3. The summed E-state index contributed by atoms with van der Waals surface area (Å²) >= 11 is 1.49. The summed E-state index contributed by atoms with van der Waals surface area (Å²) in [5, 5.41) is 8.79. The molecule has 1 heterocycles. The highest BCUT2D eigenvalue weighted by Gasteiger charge is 2.08. The van der Waals surface area contributed by atoms with Gasteiger partial charge in [0.2, 0.25) is 0 Å². The fourth-order valence-corrected chi connectivity index (χ4v) is 3.44. The number of para-hydroxylation sites is 1. The van der Waals surface area contributed by atoms with Gasteiger partial charge in [-0.2, -0.15) is 10.3 Å². The molecule has 108 valence electrons. The minimum absolute atomic E-state index is 0.302. The number of nitriles is 1. The summed E-state index contributed by atoms with van der Waals surface area (Å²) in [6.45, 7) is 2.04. The predicted octanol–water partition coefficient (Wildman–Crippen LogP) is 3.16. The minimum atomic E-state index is -0.302. The van der Waals surface area contributed by atoms with Crippen molar-refractivity contribution in [2.24, 2.45) is 12.0 Å². The summed E-state index contributed by atoms with van der Waals surface area (Å²) in [5.41, 5.74) is 3.26. The van der Waals surface area contributed by atoms with Crippen molar-refractivity contribution in [3.8, 4) is 6.07 Å². The second-order valence-corrected chi connectivity index (χ2v) is 5.98. The van der Waals surface area contributed by atoms with E-state index in [1.165, 1.54) is 11.3 Å². The van der Waals surface area contributed by atoms with Crippen molar-refractivity contribution < 1.29 is 4.79 Å². The van der Waals surface area contributed by atoms with Gasteiger partial charge >= 0.3 is 0 Å². The van der Waals surface area contributed by atoms with Crippen molar-refractivity contribution in [3.05, 3.63) is 64.0 Å². The molecule has 0 aliphatic heterocycles. The van der Waals surface area contributed by atoms with Gasteiger partial charge < -0.3 is 4.57 Å². The third kappa shape index (κ3) is 2.45. The van der Waals surface area contributed by atoms with Crippen molar-refractivity contribution in [3.63, 3.8) is 0 Å². The normalized spacial score (nSPS) is 11.6. The number of hydrogen-bond donors (Lipinski definition) is 0. The zero-order valence-corrected chi connectivity index (χ0v) is 13.0. The van der Waals surface area contributed by atoms with E-state index in [1.807, 2.05) is 42.8 Å². The van der Waals surface area contributed by atoms with E-state index in [9.17, 15) is 4.79 Å². The number of nitrogens with zero attached hydrogens (tertiary/aromatic N) is 3. The maximum Gasteiger partial charge on any atom is 0.279 e. The molecule has 1 amide bonds. The zero-order valence-electron chi connectivity index (χ0n) is 12.2. The van der Waals surface area contributed by atoms with E-state index in [-0.39, 0.29) is 5.91 Å². The average molecular weight is 307 g/mol. The van der Waals surface area contributed by atoms with Gasteiger partial charge in [0.15, 0.2) is 4.80 Å². The maximum atomic E-state index is 12.3. The van der Waals surface area contributed by atoms with Gasteiger partial charge in [-0.25, -0.2) is 0 Å². The van der Waals surface area contributed by atoms with Crippen molar-refractivity contribution in [2.75, 3.05) is 0 Å². The second-order valence-electron chi connectivity index (χ2n) is 4.97. The Morgan fingerprint density at radius 1 is 1.23 bits per heavy atom. The number of benzene rings is 2. The number of fused-ring (bicyclic) bond motifs is 1. The predicted molar refractivity (Wildman–Crippen MR) is 86.6 cm³/mol. The zero-order chi connectivity index (χ0) is 15.7. The third-order valence-electron chi connectivity index (χ3n) is 3.48. The third-order valence-corrected chi connectivity index (χ3v) is 4.58. The van der Waals surface area contributed by atoms with Gasteiger partial charge in [0.1, 0.15) is 0 Å². The molecule has 0 N–H and O–H groups in total. The Balaban J connectivity index is 2.08. The van der Waals surface area contributed by atoms with Crippen LogP contribution in [0, 0.1) is 18.3 Å². The van der Waals surface area contributed by atoms with E-state index in [4.69, 9.17) is 5.26 Å². The van der Waals surface area contributed by atoms with Crippen LogP contribution in [0.5, 0.6) is 0 Å². The van der Waals surface area contributed by atoms with Gasteiger partial charge in [-0.3, -0.25) is 4.79 Å². The van der Waals surface area contributed by atoms with Crippen LogP contribution in [-0.2, 0) is 7.05 Å².